The molecule has 4 aromatic heterocycles. The molecule has 0 amide bonds. The summed E-state index contributed by atoms with van der Waals surface area (Å²) in [5.74, 6) is 1.34. The average Bonchev–Trinajstić information content (AvgIpc) is 4.26. The number of aromatic nitrogens is 5. The minimum absolute atomic E-state index is 0. The van der Waals surface area contributed by atoms with Gasteiger partial charge in [-0.25, -0.2) is 4.98 Å². The van der Waals surface area contributed by atoms with Gasteiger partial charge in [0, 0.05) is 66.9 Å². The quantitative estimate of drug-likeness (QED) is 0.113. The number of benzene rings is 9. The SMILES string of the molecule is [2H]c1c([2H])c([2H])c(-c2cccc(-c3c([2H])c([2H])c([2H])c([2H])c3[2H])c2-[n+]2[c-]n(-c3[c-]c(Oc4[c-]c5c(cc4)c4c6oc7ccccc7c6ccc4n5-c4nccn4-c4ccccc4)ccc3)c3ccccc32)c([2H])c1[2H].[Pt]. The Bertz CT molecular complexity index is 4400. The van der Waals surface area contributed by atoms with Crippen LogP contribution in [0.4, 0.5) is 0 Å². The maximum atomic E-state index is 9.04. The van der Waals surface area contributed by atoms with Crippen molar-refractivity contribution in [3.05, 3.63) is 231 Å². The number of para-hydroxylation sites is 5. The Hall–Kier alpha value is -8.25. The van der Waals surface area contributed by atoms with E-state index in [1.807, 2.05) is 89.6 Å². The molecule has 316 valence electrons. The van der Waals surface area contributed by atoms with Gasteiger partial charge in [0.05, 0.1) is 30.4 Å². The van der Waals surface area contributed by atoms with Gasteiger partial charge >= 0.3 is 0 Å². The van der Waals surface area contributed by atoms with Crippen molar-refractivity contribution in [2.45, 2.75) is 0 Å². The molecule has 0 saturated carbocycles. The molecule has 0 spiro atoms. The van der Waals surface area contributed by atoms with Crippen molar-refractivity contribution < 1.29 is 48.5 Å². The predicted molar refractivity (Wildman–Crippen MR) is 257 cm³/mol. The normalized spacial score (nSPS) is 13.6. The zero-order valence-electron chi connectivity index (χ0n) is 44.3. The van der Waals surface area contributed by atoms with Gasteiger partial charge in [0.1, 0.15) is 11.2 Å². The van der Waals surface area contributed by atoms with E-state index in [-0.39, 0.29) is 49.0 Å². The smallest absolute Gasteiger partial charge is 0.268 e. The summed E-state index contributed by atoms with van der Waals surface area (Å²) in [6, 6.07) is 44.9. The van der Waals surface area contributed by atoms with E-state index in [2.05, 4.69) is 41.2 Å². The van der Waals surface area contributed by atoms with Crippen LogP contribution >= 0.6 is 0 Å². The third kappa shape index (κ3) is 6.39. The molecule has 0 unspecified atom stereocenters. The molecule has 0 aliphatic rings. The molecule has 0 fully saturated rings. The third-order valence-electron chi connectivity index (χ3n) is 11.6. The number of hydrogen-bond donors (Lipinski definition) is 0. The van der Waals surface area contributed by atoms with Crippen LogP contribution in [0.5, 0.6) is 11.5 Å². The molecular weight excluding hydrogens is 994 g/mol. The van der Waals surface area contributed by atoms with Gasteiger partial charge < -0.3 is 18.3 Å². The first-order chi connectivity index (χ1) is 36.4. The minimum atomic E-state index is -0.579. The Kier molecular flexibility index (Phi) is 7.30. The monoisotopic (exact) mass is 1040 g/mol. The summed E-state index contributed by atoms with van der Waals surface area (Å²) in [6.07, 6.45) is 7.09. The van der Waals surface area contributed by atoms with Crippen LogP contribution in [-0.4, -0.2) is 18.7 Å². The largest absolute Gasteiger partial charge is 0.510 e. The molecule has 0 radical (unpaired) electrons. The van der Waals surface area contributed by atoms with Crippen molar-refractivity contribution in [3.8, 4) is 56.8 Å². The molecule has 0 N–H and O–H groups in total. The van der Waals surface area contributed by atoms with Gasteiger partial charge in [0.15, 0.2) is 0 Å². The second-order valence-corrected chi connectivity index (χ2v) is 15.3. The molecule has 8 heteroatoms. The zero-order chi connectivity index (χ0) is 51.6. The second-order valence-electron chi connectivity index (χ2n) is 15.3. The topological polar surface area (TPSA) is 53.9 Å². The molecular formula is C58H35N5O2Pt-2. The number of nitrogens with zero attached hydrogens (tertiary/aromatic N) is 5. The van der Waals surface area contributed by atoms with Gasteiger partial charge in [0.2, 0.25) is 5.95 Å². The second kappa shape index (κ2) is 16.1. The van der Waals surface area contributed by atoms with Crippen LogP contribution < -0.4 is 9.30 Å². The number of furan rings is 1. The van der Waals surface area contributed by atoms with Crippen LogP contribution in [0.2, 0.25) is 0 Å². The van der Waals surface area contributed by atoms with Crippen LogP contribution in [0.1, 0.15) is 13.7 Å². The molecule has 9 aromatic carbocycles. The van der Waals surface area contributed by atoms with Crippen LogP contribution in [-0.2, 0) is 21.1 Å². The molecule has 7 nitrogen and oxygen atoms in total. The van der Waals surface area contributed by atoms with E-state index in [1.54, 1.807) is 57.8 Å². The molecule has 13 rings (SSSR count). The Balaban J connectivity index is 0.00000582. The summed E-state index contributed by atoms with van der Waals surface area (Å²) < 4.78 is 108. The summed E-state index contributed by atoms with van der Waals surface area (Å²) in [7, 11) is 0. The third-order valence-corrected chi connectivity index (χ3v) is 11.6. The van der Waals surface area contributed by atoms with Crippen molar-refractivity contribution in [1.82, 2.24) is 18.7 Å². The zero-order valence-corrected chi connectivity index (χ0v) is 36.6. The fourth-order valence-electron chi connectivity index (χ4n) is 8.81. The van der Waals surface area contributed by atoms with Crippen LogP contribution in [0.3, 0.4) is 0 Å². The van der Waals surface area contributed by atoms with Gasteiger partial charge in [0.25, 0.3) is 6.33 Å². The number of hydrogen-bond acceptors (Lipinski definition) is 3. The van der Waals surface area contributed by atoms with Gasteiger partial charge in [-0.15, -0.1) is 24.3 Å². The van der Waals surface area contributed by atoms with E-state index in [4.69, 9.17) is 27.8 Å². The van der Waals surface area contributed by atoms with E-state index in [0.29, 0.717) is 39.7 Å². The standard InChI is InChI=1S/C58H35N5O2.Pt/c1-4-16-39(17-5-1)45-25-15-26-46(40-18-6-2-7-19-40)56(45)62-38-61(50-27-11-12-28-51(50)62)42-22-14-23-43(36-42)64-44-30-31-49-53(37-44)63(58-59-34-35-60(58)41-20-8-3-9-21-41)52-33-32-48-47-24-10-13-29-54(47)65-57(48)55(49)52;/h1-35H;/q-2;/i1D,2D,4D,5D,6D,7D,16D,17D,18D,19D;. The summed E-state index contributed by atoms with van der Waals surface area (Å²) in [6.45, 7) is 0. The molecule has 4 heterocycles. The first kappa shape index (κ1) is 30.0. The van der Waals surface area contributed by atoms with E-state index in [0.717, 1.165) is 43.9 Å². The van der Waals surface area contributed by atoms with Crippen molar-refractivity contribution in [2.24, 2.45) is 0 Å². The molecule has 0 saturated heterocycles. The van der Waals surface area contributed by atoms with E-state index in [1.165, 1.54) is 0 Å². The number of imidazole rings is 2. The summed E-state index contributed by atoms with van der Waals surface area (Å²) >= 11 is 0. The average molecular weight is 1040 g/mol. The molecule has 66 heavy (non-hydrogen) atoms. The van der Waals surface area contributed by atoms with Crippen LogP contribution in [0.25, 0.3) is 100 Å². The fourth-order valence-corrected chi connectivity index (χ4v) is 8.81. The van der Waals surface area contributed by atoms with Crippen molar-refractivity contribution in [2.75, 3.05) is 0 Å². The summed E-state index contributed by atoms with van der Waals surface area (Å²) in [4.78, 5) is 4.88. The van der Waals surface area contributed by atoms with Crippen molar-refractivity contribution in [3.63, 3.8) is 0 Å². The maximum absolute atomic E-state index is 9.04. The Labute approximate surface area is 407 Å². The molecule has 0 aliphatic carbocycles. The van der Waals surface area contributed by atoms with E-state index in [9.17, 15) is 0 Å². The fraction of sp³-hybridized carbons (Fsp3) is 0. The van der Waals surface area contributed by atoms with E-state index < -0.39 is 60.4 Å². The number of fused-ring (bicyclic) bond motifs is 8. The first-order valence-corrected chi connectivity index (χ1v) is 20.7. The van der Waals surface area contributed by atoms with E-state index >= 15 is 0 Å². The molecule has 0 aliphatic heterocycles. The predicted octanol–water partition coefficient (Wildman–Crippen LogP) is 13.6. The van der Waals surface area contributed by atoms with Crippen molar-refractivity contribution >= 4 is 54.8 Å². The number of rotatable bonds is 8. The van der Waals surface area contributed by atoms with Gasteiger partial charge in [-0.3, -0.25) is 9.13 Å². The Morgan fingerprint density at radius 3 is 2.11 bits per heavy atom. The van der Waals surface area contributed by atoms with Gasteiger partial charge in [-0.05, 0) is 63.7 Å². The summed E-state index contributed by atoms with van der Waals surface area (Å²) in [5.41, 5.74) is 5.69. The Morgan fingerprint density at radius 2 is 1.30 bits per heavy atom. The molecule has 13 aromatic rings. The number of ether oxygens (including phenoxy) is 1. The van der Waals surface area contributed by atoms with Crippen LogP contribution in [0.15, 0.2) is 217 Å². The van der Waals surface area contributed by atoms with Crippen LogP contribution in [0, 0.1) is 18.5 Å². The minimum Gasteiger partial charge on any atom is -0.510 e. The first-order valence-electron chi connectivity index (χ1n) is 25.7. The molecule has 0 bridgehead atoms. The maximum Gasteiger partial charge on any atom is 0.268 e. The van der Waals surface area contributed by atoms with Gasteiger partial charge in [-0.2, -0.15) is 18.2 Å². The van der Waals surface area contributed by atoms with Gasteiger partial charge in [-0.1, -0.05) is 150 Å². The molecule has 0 atom stereocenters. The van der Waals surface area contributed by atoms with Crippen molar-refractivity contribution in [1.29, 1.82) is 0 Å². The summed E-state index contributed by atoms with van der Waals surface area (Å²) in [5, 5.41) is 3.75. The Morgan fingerprint density at radius 1 is 0.606 bits per heavy atom.